The molecule has 1 atom stereocenters. The summed E-state index contributed by atoms with van der Waals surface area (Å²) in [5.41, 5.74) is 3.36. The van der Waals surface area contributed by atoms with Crippen molar-refractivity contribution in [2.45, 2.75) is 13.0 Å². The summed E-state index contributed by atoms with van der Waals surface area (Å²) in [6, 6.07) is 18.4. The number of rotatable bonds is 5. The summed E-state index contributed by atoms with van der Waals surface area (Å²) in [6.45, 7) is 3.70. The molecule has 2 heteroatoms. The van der Waals surface area contributed by atoms with Crippen LogP contribution in [0.1, 0.15) is 18.6 Å². The predicted molar refractivity (Wildman–Crippen MR) is 80.0 cm³/mol. The minimum Gasteiger partial charge on any atom is -0.387 e. The van der Waals surface area contributed by atoms with E-state index in [2.05, 4.69) is 36.1 Å². The van der Waals surface area contributed by atoms with Gasteiger partial charge >= 0.3 is 0 Å². The van der Waals surface area contributed by atoms with Crippen molar-refractivity contribution in [3.05, 3.63) is 60.2 Å². The molecule has 0 heterocycles. The van der Waals surface area contributed by atoms with Gasteiger partial charge in [-0.3, -0.25) is 0 Å². The highest BCUT2D eigenvalue weighted by Crippen LogP contribution is 2.22. The Labute approximate surface area is 115 Å². The topological polar surface area (TPSA) is 23.5 Å². The van der Waals surface area contributed by atoms with Crippen molar-refractivity contribution in [2.75, 3.05) is 20.1 Å². The van der Waals surface area contributed by atoms with E-state index in [0.717, 1.165) is 12.1 Å². The Balaban J connectivity index is 2.10. The van der Waals surface area contributed by atoms with E-state index in [-0.39, 0.29) is 0 Å². The minimum absolute atomic E-state index is 0.422. The number of hydrogen-bond acceptors (Lipinski definition) is 2. The van der Waals surface area contributed by atoms with Gasteiger partial charge in [0.25, 0.3) is 0 Å². The second-order valence-electron chi connectivity index (χ2n) is 4.86. The second-order valence-corrected chi connectivity index (χ2v) is 4.86. The summed E-state index contributed by atoms with van der Waals surface area (Å²) in [4.78, 5) is 2.11. The summed E-state index contributed by atoms with van der Waals surface area (Å²) >= 11 is 0. The van der Waals surface area contributed by atoms with E-state index >= 15 is 0 Å². The van der Waals surface area contributed by atoms with E-state index in [9.17, 15) is 5.11 Å². The van der Waals surface area contributed by atoms with Gasteiger partial charge in [0.15, 0.2) is 0 Å². The minimum atomic E-state index is -0.422. The van der Waals surface area contributed by atoms with Crippen LogP contribution < -0.4 is 0 Å². The molecule has 0 saturated heterocycles. The van der Waals surface area contributed by atoms with Crippen molar-refractivity contribution in [3.8, 4) is 11.1 Å². The Morgan fingerprint density at radius 2 is 1.53 bits per heavy atom. The number of nitrogens with zero attached hydrogens (tertiary/aromatic N) is 1. The Hall–Kier alpha value is -1.64. The quantitative estimate of drug-likeness (QED) is 0.885. The smallest absolute Gasteiger partial charge is 0.0916 e. The lowest BCUT2D eigenvalue weighted by Gasteiger charge is -2.19. The van der Waals surface area contributed by atoms with Crippen LogP contribution in [-0.2, 0) is 0 Å². The van der Waals surface area contributed by atoms with Gasteiger partial charge in [0, 0.05) is 6.54 Å². The Morgan fingerprint density at radius 1 is 0.947 bits per heavy atom. The van der Waals surface area contributed by atoms with Crippen LogP contribution in [0.4, 0.5) is 0 Å². The average Bonchev–Trinajstić information content (AvgIpc) is 2.48. The maximum absolute atomic E-state index is 10.1. The molecule has 0 saturated carbocycles. The molecule has 0 aliphatic carbocycles. The van der Waals surface area contributed by atoms with Crippen LogP contribution in [0.3, 0.4) is 0 Å². The van der Waals surface area contributed by atoms with Crippen LogP contribution >= 0.6 is 0 Å². The number of likely N-dealkylation sites (N-methyl/N-ethyl adjacent to an activating group) is 1. The largest absolute Gasteiger partial charge is 0.387 e. The molecule has 2 aromatic rings. The van der Waals surface area contributed by atoms with Gasteiger partial charge in [0.1, 0.15) is 0 Å². The molecule has 2 aromatic carbocycles. The highest BCUT2D eigenvalue weighted by Gasteiger charge is 2.09. The molecule has 0 amide bonds. The van der Waals surface area contributed by atoms with Crippen molar-refractivity contribution in [1.29, 1.82) is 0 Å². The summed E-state index contributed by atoms with van der Waals surface area (Å²) < 4.78 is 0. The first-order valence-corrected chi connectivity index (χ1v) is 6.72. The summed E-state index contributed by atoms with van der Waals surface area (Å²) in [6.07, 6.45) is -0.422. The van der Waals surface area contributed by atoms with Crippen LogP contribution in [0.15, 0.2) is 54.6 Å². The molecule has 0 spiro atoms. The van der Waals surface area contributed by atoms with E-state index < -0.39 is 6.10 Å². The molecular formula is C17H21NO. The lowest BCUT2D eigenvalue weighted by atomic mass is 10.0. The SMILES string of the molecule is CCN(C)CC(O)c1ccc(-c2ccccc2)cc1. The third-order valence-corrected chi connectivity index (χ3v) is 3.43. The fourth-order valence-electron chi connectivity index (χ4n) is 2.06. The fourth-order valence-corrected chi connectivity index (χ4v) is 2.06. The van der Waals surface area contributed by atoms with E-state index in [1.165, 1.54) is 11.1 Å². The Bertz CT molecular complexity index is 492. The maximum Gasteiger partial charge on any atom is 0.0916 e. The van der Waals surface area contributed by atoms with Gasteiger partial charge in [0.05, 0.1) is 6.10 Å². The van der Waals surface area contributed by atoms with E-state index in [1.807, 2.05) is 37.4 Å². The standard InChI is InChI=1S/C17H21NO/c1-3-18(2)13-17(19)16-11-9-15(10-12-16)14-7-5-4-6-8-14/h4-12,17,19H,3,13H2,1-2H3. The van der Waals surface area contributed by atoms with E-state index in [4.69, 9.17) is 0 Å². The molecule has 19 heavy (non-hydrogen) atoms. The van der Waals surface area contributed by atoms with E-state index in [1.54, 1.807) is 0 Å². The monoisotopic (exact) mass is 255 g/mol. The highest BCUT2D eigenvalue weighted by molar-refractivity contribution is 5.63. The highest BCUT2D eigenvalue weighted by atomic mass is 16.3. The third kappa shape index (κ3) is 3.66. The molecule has 1 unspecified atom stereocenters. The number of benzene rings is 2. The zero-order valence-electron chi connectivity index (χ0n) is 11.6. The molecule has 0 fully saturated rings. The first kappa shape index (κ1) is 13.8. The summed E-state index contributed by atoms with van der Waals surface area (Å²) in [5.74, 6) is 0. The van der Waals surface area contributed by atoms with Crippen LogP contribution in [0.5, 0.6) is 0 Å². The molecule has 100 valence electrons. The van der Waals surface area contributed by atoms with Crippen LogP contribution in [0.2, 0.25) is 0 Å². The van der Waals surface area contributed by atoms with Crippen molar-refractivity contribution in [1.82, 2.24) is 4.90 Å². The second kappa shape index (κ2) is 6.50. The molecule has 1 N–H and O–H groups in total. The zero-order chi connectivity index (χ0) is 13.7. The van der Waals surface area contributed by atoms with Crippen LogP contribution in [0.25, 0.3) is 11.1 Å². The molecule has 2 nitrogen and oxygen atoms in total. The lowest BCUT2D eigenvalue weighted by Crippen LogP contribution is -2.24. The number of aliphatic hydroxyl groups is 1. The lowest BCUT2D eigenvalue weighted by molar-refractivity contribution is 0.129. The average molecular weight is 255 g/mol. The van der Waals surface area contributed by atoms with Crippen LogP contribution in [0, 0.1) is 0 Å². The van der Waals surface area contributed by atoms with E-state index in [0.29, 0.717) is 6.54 Å². The molecule has 0 aliphatic rings. The number of hydrogen-bond donors (Lipinski definition) is 1. The van der Waals surface area contributed by atoms with Gasteiger partial charge in [-0.05, 0) is 30.3 Å². The maximum atomic E-state index is 10.1. The normalized spacial score (nSPS) is 12.6. The van der Waals surface area contributed by atoms with Gasteiger partial charge < -0.3 is 10.0 Å². The number of aliphatic hydroxyl groups excluding tert-OH is 1. The summed E-state index contributed by atoms with van der Waals surface area (Å²) in [7, 11) is 2.02. The summed E-state index contributed by atoms with van der Waals surface area (Å²) in [5, 5.41) is 10.1. The van der Waals surface area contributed by atoms with Crippen molar-refractivity contribution in [3.63, 3.8) is 0 Å². The van der Waals surface area contributed by atoms with Crippen molar-refractivity contribution in [2.24, 2.45) is 0 Å². The third-order valence-electron chi connectivity index (χ3n) is 3.43. The van der Waals surface area contributed by atoms with Gasteiger partial charge in [-0.15, -0.1) is 0 Å². The van der Waals surface area contributed by atoms with Crippen molar-refractivity contribution < 1.29 is 5.11 Å². The Kier molecular flexibility index (Phi) is 4.72. The van der Waals surface area contributed by atoms with Crippen molar-refractivity contribution >= 4 is 0 Å². The van der Waals surface area contributed by atoms with Gasteiger partial charge in [-0.2, -0.15) is 0 Å². The van der Waals surface area contributed by atoms with Gasteiger partial charge in [0.2, 0.25) is 0 Å². The first-order valence-electron chi connectivity index (χ1n) is 6.72. The molecule has 0 aliphatic heterocycles. The first-order chi connectivity index (χ1) is 9.20. The molecule has 0 aromatic heterocycles. The molecular weight excluding hydrogens is 234 g/mol. The molecule has 0 bridgehead atoms. The molecule has 2 rings (SSSR count). The van der Waals surface area contributed by atoms with Gasteiger partial charge in [-0.1, -0.05) is 61.5 Å². The Morgan fingerprint density at radius 3 is 2.11 bits per heavy atom. The van der Waals surface area contributed by atoms with Crippen LogP contribution in [-0.4, -0.2) is 30.1 Å². The van der Waals surface area contributed by atoms with Gasteiger partial charge in [-0.25, -0.2) is 0 Å². The fraction of sp³-hybridized carbons (Fsp3) is 0.294. The molecule has 0 radical (unpaired) electrons. The zero-order valence-corrected chi connectivity index (χ0v) is 11.6. The predicted octanol–water partition coefficient (Wildman–Crippen LogP) is 3.34.